The van der Waals surface area contributed by atoms with Crippen LogP contribution < -0.4 is 4.74 Å². The van der Waals surface area contributed by atoms with Crippen molar-refractivity contribution in [3.05, 3.63) is 46.6 Å². The predicted molar refractivity (Wildman–Crippen MR) is 107 cm³/mol. The van der Waals surface area contributed by atoms with Crippen molar-refractivity contribution < 1.29 is 9.84 Å². The molecule has 1 aromatic carbocycles. The third kappa shape index (κ3) is 3.87. The zero-order valence-corrected chi connectivity index (χ0v) is 16.4. The Morgan fingerprint density at radius 2 is 2.00 bits per heavy atom. The van der Waals surface area contributed by atoms with Crippen LogP contribution in [0, 0.1) is 6.92 Å². The zero-order valence-electron chi connectivity index (χ0n) is 14.8. The molecule has 0 spiro atoms. The maximum absolute atomic E-state index is 10.3. The van der Waals surface area contributed by atoms with Gasteiger partial charge in [0.1, 0.15) is 28.5 Å². The molecule has 2 heterocycles. The van der Waals surface area contributed by atoms with Crippen LogP contribution in [0.1, 0.15) is 28.8 Å². The molecule has 0 saturated carbocycles. The SMILES string of the molecule is Cc1ccc(OC[C@H](O)CSc2ncnc3sc4c(c23)CCCC4)cc1. The lowest BCUT2D eigenvalue weighted by molar-refractivity contribution is 0.126. The van der Waals surface area contributed by atoms with E-state index in [0.717, 1.165) is 28.4 Å². The fraction of sp³-hybridized carbons (Fsp3) is 0.400. The Kier molecular flexibility index (Phi) is 5.43. The molecule has 1 N–H and O–H groups in total. The van der Waals surface area contributed by atoms with Crippen LogP contribution in [0.25, 0.3) is 10.2 Å². The van der Waals surface area contributed by atoms with Gasteiger partial charge >= 0.3 is 0 Å². The van der Waals surface area contributed by atoms with Crippen LogP contribution in [-0.4, -0.2) is 33.5 Å². The van der Waals surface area contributed by atoms with Crippen LogP contribution in [0.2, 0.25) is 0 Å². The summed E-state index contributed by atoms with van der Waals surface area (Å²) >= 11 is 3.40. The van der Waals surface area contributed by atoms with E-state index in [9.17, 15) is 5.11 Å². The second-order valence-electron chi connectivity index (χ2n) is 6.66. The maximum Gasteiger partial charge on any atom is 0.128 e. The van der Waals surface area contributed by atoms with Gasteiger partial charge in [0.25, 0.3) is 0 Å². The average Bonchev–Trinajstić information content (AvgIpc) is 3.05. The van der Waals surface area contributed by atoms with E-state index >= 15 is 0 Å². The topological polar surface area (TPSA) is 55.2 Å². The molecule has 0 unspecified atom stereocenters. The van der Waals surface area contributed by atoms with Crippen molar-refractivity contribution in [1.29, 1.82) is 0 Å². The Bertz CT molecular complexity index is 893. The molecule has 6 heteroatoms. The van der Waals surface area contributed by atoms with Crippen LogP contribution in [0.3, 0.4) is 0 Å². The Morgan fingerprint density at radius 1 is 1.19 bits per heavy atom. The molecule has 4 nitrogen and oxygen atoms in total. The second kappa shape index (κ2) is 7.94. The number of rotatable bonds is 6. The van der Waals surface area contributed by atoms with E-state index in [1.165, 1.54) is 34.2 Å². The lowest BCUT2D eigenvalue weighted by Crippen LogP contribution is -2.20. The van der Waals surface area contributed by atoms with Crippen LogP contribution in [0.5, 0.6) is 5.75 Å². The highest BCUT2D eigenvalue weighted by Crippen LogP contribution is 2.39. The summed E-state index contributed by atoms with van der Waals surface area (Å²) < 4.78 is 5.68. The van der Waals surface area contributed by atoms with Crippen LogP contribution >= 0.6 is 23.1 Å². The lowest BCUT2D eigenvalue weighted by Gasteiger charge is -2.13. The Balaban J connectivity index is 1.41. The highest BCUT2D eigenvalue weighted by molar-refractivity contribution is 7.99. The molecule has 0 bridgehead atoms. The van der Waals surface area contributed by atoms with E-state index in [4.69, 9.17) is 4.74 Å². The van der Waals surface area contributed by atoms with Crippen LogP contribution in [0.4, 0.5) is 0 Å². The van der Waals surface area contributed by atoms with Crippen molar-refractivity contribution in [2.75, 3.05) is 12.4 Å². The summed E-state index contributed by atoms with van der Waals surface area (Å²) in [7, 11) is 0. The van der Waals surface area contributed by atoms with E-state index in [2.05, 4.69) is 9.97 Å². The van der Waals surface area contributed by atoms with E-state index in [1.807, 2.05) is 31.2 Å². The summed E-state index contributed by atoms with van der Waals surface area (Å²) in [5, 5.41) is 12.5. The van der Waals surface area contributed by atoms with Crippen molar-refractivity contribution in [2.45, 2.75) is 43.7 Å². The van der Waals surface area contributed by atoms with Gasteiger partial charge in [0.15, 0.2) is 0 Å². The van der Waals surface area contributed by atoms with Gasteiger partial charge in [0, 0.05) is 16.0 Å². The number of aliphatic hydroxyl groups excluding tert-OH is 1. The Hall–Kier alpha value is -1.63. The van der Waals surface area contributed by atoms with Gasteiger partial charge in [-0.3, -0.25) is 0 Å². The maximum atomic E-state index is 10.3. The van der Waals surface area contributed by atoms with Crippen molar-refractivity contribution >= 4 is 33.3 Å². The first kappa shape index (κ1) is 17.8. The first-order chi connectivity index (χ1) is 12.7. The summed E-state index contributed by atoms with van der Waals surface area (Å²) in [5.74, 6) is 1.35. The van der Waals surface area contributed by atoms with E-state index in [0.29, 0.717) is 5.75 Å². The standard InChI is InChI=1S/C20H22N2O2S2/c1-13-6-8-15(9-7-13)24-10-14(23)11-25-19-18-16-4-2-3-5-17(16)26-20(18)22-12-21-19/h6-9,12,14,23H,2-5,10-11H2,1H3/t14-/m0/s1. The largest absolute Gasteiger partial charge is 0.491 e. The van der Waals surface area contributed by atoms with Crippen molar-refractivity contribution in [2.24, 2.45) is 0 Å². The van der Waals surface area contributed by atoms with Gasteiger partial charge in [-0.1, -0.05) is 17.7 Å². The number of benzene rings is 1. The van der Waals surface area contributed by atoms with E-state index < -0.39 is 6.10 Å². The molecular weight excluding hydrogens is 364 g/mol. The number of aryl methyl sites for hydroxylation is 3. The number of thioether (sulfide) groups is 1. The van der Waals surface area contributed by atoms with Gasteiger partial charge in [-0.15, -0.1) is 23.1 Å². The van der Waals surface area contributed by atoms with Gasteiger partial charge in [-0.2, -0.15) is 0 Å². The van der Waals surface area contributed by atoms with Gasteiger partial charge in [-0.05, 0) is 50.3 Å². The molecule has 0 amide bonds. The minimum absolute atomic E-state index is 0.284. The number of ether oxygens (including phenoxy) is 1. The van der Waals surface area contributed by atoms with Crippen LogP contribution in [-0.2, 0) is 12.8 Å². The van der Waals surface area contributed by atoms with E-state index in [1.54, 1.807) is 29.4 Å². The number of fused-ring (bicyclic) bond motifs is 3. The summed E-state index contributed by atoms with van der Waals surface area (Å²) in [6, 6.07) is 7.88. The number of aliphatic hydroxyl groups is 1. The molecule has 1 aliphatic rings. The molecule has 136 valence electrons. The summed E-state index contributed by atoms with van der Waals surface area (Å²) in [4.78, 5) is 11.5. The molecule has 0 fully saturated rings. The first-order valence-electron chi connectivity index (χ1n) is 8.96. The van der Waals surface area contributed by atoms with Gasteiger partial charge < -0.3 is 9.84 Å². The van der Waals surface area contributed by atoms with E-state index in [-0.39, 0.29) is 6.61 Å². The smallest absolute Gasteiger partial charge is 0.128 e. The number of thiophene rings is 1. The summed E-state index contributed by atoms with van der Waals surface area (Å²) in [6.45, 7) is 2.33. The highest BCUT2D eigenvalue weighted by atomic mass is 32.2. The lowest BCUT2D eigenvalue weighted by atomic mass is 9.97. The number of hydrogen-bond donors (Lipinski definition) is 1. The van der Waals surface area contributed by atoms with Crippen LogP contribution in [0.15, 0.2) is 35.6 Å². The predicted octanol–water partition coefficient (Wildman–Crippen LogP) is 4.41. The molecule has 4 rings (SSSR count). The third-order valence-electron chi connectivity index (χ3n) is 4.59. The first-order valence-corrected chi connectivity index (χ1v) is 10.8. The highest BCUT2D eigenvalue weighted by Gasteiger charge is 2.20. The molecule has 0 radical (unpaired) electrons. The van der Waals surface area contributed by atoms with Crippen molar-refractivity contribution in [3.8, 4) is 5.75 Å². The zero-order chi connectivity index (χ0) is 17.9. The molecule has 2 aromatic heterocycles. The number of hydrogen-bond acceptors (Lipinski definition) is 6. The van der Waals surface area contributed by atoms with Gasteiger partial charge in [0.2, 0.25) is 0 Å². The second-order valence-corrected chi connectivity index (χ2v) is 8.75. The normalized spacial score (nSPS) is 15.0. The average molecular weight is 387 g/mol. The molecule has 0 saturated heterocycles. The Labute approximate surface area is 161 Å². The van der Waals surface area contributed by atoms with Gasteiger partial charge in [-0.25, -0.2) is 9.97 Å². The fourth-order valence-electron chi connectivity index (χ4n) is 3.22. The molecule has 1 atom stereocenters. The summed E-state index contributed by atoms with van der Waals surface area (Å²) in [5.41, 5.74) is 2.63. The monoisotopic (exact) mass is 386 g/mol. The Morgan fingerprint density at radius 3 is 2.85 bits per heavy atom. The molecule has 26 heavy (non-hydrogen) atoms. The molecule has 1 aliphatic carbocycles. The summed E-state index contributed by atoms with van der Waals surface area (Å²) in [6.07, 6.45) is 5.89. The minimum Gasteiger partial charge on any atom is -0.491 e. The number of nitrogens with zero attached hydrogens (tertiary/aromatic N) is 2. The molecule has 0 aliphatic heterocycles. The quantitative estimate of drug-likeness (QED) is 0.502. The number of aromatic nitrogens is 2. The molecular formula is C20H22N2O2S2. The van der Waals surface area contributed by atoms with Crippen molar-refractivity contribution in [1.82, 2.24) is 9.97 Å². The minimum atomic E-state index is -0.541. The third-order valence-corrected chi connectivity index (χ3v) is 6.93. The fourth-order valence-corrected chi connectivity index (χ4v) is 5.45. The van der Waals surface area contributed by atoms with Gasteiger partial charge in [0.05, 0.1) is 6.10 Å². The molecule has 3 aromatic rings. The van der Waals surface area contributed by atoms with Crippen molar-refractivity contribution in [3.63, 3.8) is 0 Å².